The Kier molecular flexibility index (Phi) is 5.99. The summed E-state index contributed by atoms with van der Waals surface area (Å²) in [7, 11) is -4.20. The molecule has 28 heavy (non-hydrogen) atoms. The summed E-state index contributed by atoms with van der Waals surface area (Å²) in [6, 6.07) is 2.51. The van der Waals surface area contributed by atoms with Gasteiger partial charge in [-0.2, -0.15) is 8.42 Å². The number of halogens is 1. The number of phenolic OH excluding ortho intramolecular Hbond substituents is 1. The summed E-state index contributed by atoms with van der Waals surface area (Å²) in [6.45, 7) is 5.62. The van der Waals surface area contributed by atoms with E-state index in [-0.39, 0.29) is 6.10 Å². The molecular formula is C18H26FN3O5S. The number of amides is 1. The Morgan fingerprint density at radius 2 is 2.14 bits per heavy atom. The maximum atomic E-state index is 14.7. The summed E-state index contributed by atoms with van der Waals surface area (Å²) in [6.07, 6.45) is 2.78. The standard InChI is InChI=1S/C18H26FN3O5S/c1-12(2)5-7-27-14-4-3-6-21(10-14)13-8-15(19)18(16(23)9-13)22-11-17(24)20-28(22,25)26/h8-9,12,14,23H,3-7,10-11H2,1-2H3,(H,20,24). The van der Waals surface area contributed by atoms with E-state index in [0.717, 1.165) is 19.3 Å². The van der Waals surface area contributed by atoms with Crippen LogP contribution in [0.3, 0.4) is 0 Å². The molecule has 156 valence electrons. The average Bonchev–Trinajstić information content (AvgIpc) is 2.86. The van der Waals surface area contributed by atoms with Gasteiger partial charge in [-0.3, -0.25) is 4.79 Å². The molecular weight excluding hydrogens is 389 g/mol. The second-order valence-electron chi connectivity index (χ2n) is 7.60. The minimum absolute atomic E-state index is 0.0261. The number of benzene rings is 1. The van der Waals surface area contributed by atoms with Crippen molar-refractivity contribution in [1.82, 2.24) is 4.72 Å². The molecule has 1 amide bonds. The van der Waals surface area contributed by atoms with E-state index in [2.05, 4.69) is 13.8 Å². The minimum Gasteiger partial charge on any atom is -0.506 e. The summed E-state index contributed by atoms with van der Waals surface area (Å²) in [5, 5.41) is 10.3. The van der Waals surface area contributed by atoms with E-state index >= 15 is 0 Å². The first-order valence-electron chi connectivity index (χ1n) is 9.39. The highest BCUT2D eigenvalue weighted by Gasteiger charge is 2.37. The van der Waals surface area contributed by atoms with Gasteiger partial charge in [-0.05, 0) is 31.2 Å². The van der Waals surface area contributed by atoms with Crippen LogP contribution in [0.5, 0.6) is 5.75 Å². The SMILES string of the molecule is CC(C)CCOC1CCCN(c2cc(O)c(N3CC(=O)NS3(=O)=O)c(F)c2)C1. The van der Waals surface area contributed by atoms with Crippen LogP contribution < -0.4 is 13.9 Å². The van der Waals surface area contributed by atoms with Crippen LogP contribution >= 0.6 is 0 Å². The largest absolute Gasteiger partial charge is 0.506 e. The highest BCUT2D eigenvalue weighted by atomic mass is 32.2. The van der Waals surface area contributed by atoms with E-state index in [1.807, 2.05) is 4.90 Å². The quantitative estimate of drug-likeness (QED) is 0.734. The van der Waals surface area contributed by atoms with Gasteiger partial charge in [-0.25, -0.2) is 13.4 Å². The molecule has 2 aliphatic heterocycles. The first kappa shape index (κ1) is 20.7. The number of nitrogens with zero attached hydrogens (tertiary/aromatic N) is 2. The molecule has 0 bridgehead atoms. The van der Waals surface area contributed by atoms with E-state index in [1.54, 1.807) is 4.72 Å². The lowest BCUT2D eigenvalue weighted by molar-refractivity contribution is -0.117. The van der Waals surface area contributed by atoms with Crippen LogP contribution in [0.2, 0.25) is 0 Å². The van der Waals surface area contributed by atoms with Gasteiger partial charge < -0.3 is 14.7 Å². The van der Waals surface area contributed by atoms with Crippen molar-refractivity contribution < 1.29 is 27.4 Å². The maximum Gasteiger partial charge on any atom is 0.326 e. The van der Waals surface area contributed by atoms with Crippen LogP contribution in [0.15, 0.2) is 12.1 Å². The summed E-state index contributed by atoms with van der Waals surface area (Å²) < 4.78 is 46.8. The summed E-state index contributed by atoms with van der Waals surface area (Å²) in [4.78, 5) is 13.3. The van der Waals surface area contributed by atoms with Crippen LogP contribution in [0.1, 0.15) is 33.1 Å². The monoisotopic (exact) mass is 415 g/mol. The van der Waals surface area contributed by atoms with Gasteiger partial charge in [0.2, 0.25) is 0 Å². The second-order valence-corrected chi connectivity index (χ2v) is 9.19. The number of aromatic hydroxyl groups is 1. The third kappa shape index (κ3) is 4.49. The Morgan fingerprint density at radius 1 is 1.39 bits per heavy atom. The number of anilines is 2. The highest BCUT2D eigenvalue weighted by molar-refractivity contribution is 7.92. The van der Waals surface area contributed by atoms with Gasteiger partial charge >= 0.3 is 10.2 Å². The molecule has 10 heteroatoms. The van der Waals surface area contributed by atoms with Crippen molar-refractivity contribution in [1.29, 1.82) is 0 Å². The zero-order chi connectivity index (χ0) is 20.5. The molecule has 2 fully saturated rings. The highest BCUT2D eigenvalue weighted by Crippen LogP contribution is 2.37. The molecule has 1 aromatic rings. The van der Waals surface area contributed by atoms with E-state index in [4.69, 9.17) is 4.74 Å². The Bertz CT molecular complexity index is 823. The van der Waals surface area contributed by atoms with Crippen molar-refractivity contribution in [2.75, 3.05) is 35.4 Å². The van der Waals surface area contributed by atoms with Gasteiger partial charge in [0.25, 0.3) is 5.91 Å². The lowest BCUT2D eigenvalue weighted by Crippen LogP contribution is -2.40. The molecule has 0 aromatic heterocycles. The number of carbonyl (C=O) groups excluding carboxylic acids is 1. The maximum absolute atomic E-state index is 14.7. The lowest BCUT2D eigenvalue weighted by Gasteiger charge is -2.34. The number of nitrogens with one attached hydrogen (secondary N) is 1. The van der Waals surface area contributed by atoms with Crippen molar-refractivity contribution in [2.45, 2.75) is 39.2 Å². The lowest BCUT2D eigenvalue weighted by atomic mass is 10.1. The van der Waals surface area contributed by atoms with E-state index in [1.165, 1.54) is 12.1 Å². The molecule has 1 unspecified atom stereocenters. The average molecular weight is 415 g/mol. The number of piperidine rings is 1. The molecule has 0 saturated carbocycles. The van der Waals surface area contributed by atoms with Gasteiger partial charge in [0.05, 0.1) is 6.10 Å². The number of hydrogen-bond acceptors (Lipinski definition) is 6. The molecule has 2 saturated heterocycles. The van der Waals surface area contributed by atoms with Gasteiger partial charge in [0, 0.05) is 31.5 Å². The molecule has 2 aliphatic rings. The summed E-state index contributed by atoms with van der Waals surface area (Å²) in [5.41, 5.74) is -0.0735. The van der Waals surface area contributed by atoms with Crippen molar-refractivity contribution in [2.24, 2.45) is 5.92 Å². The van der Waals surface area contributed by atoms with Crippen molar-refractivity contribution in [3.63, 3.8) is 0 Å². The third-order valence-corrected chi connectivity index (χ3v) is 6.27. The molecule has 3 rings (SSSR count). The fourth-order valence-corrected chi connectivity index (χ4v) is 4.60. The summed E-state index contributed by atoms with van der Waals surface area (Å²) >= 11 is 0. The molecule has 8 nitrogen and oxygen atoms in total. The molecule has 1 aromatic carbocycles. The third-order valence-electron chi connectivity index (χ3n) is 4.89. The number of ether oxygens (including phenoxy) is 1. The predicted molar refractivity (Wildman–Crippen MR) is 103 cm³/mol. The van der Waals surface area contributed by atoms with Crippen LogP contribution in [-0.2, 0) is 19.7 Å². The Balaban J connectivity index is 1.76. The molecule has 2 heterocycles. The van der Waals surface area contributed by atoms with Gasteiger partial charge in [-0.15, -0.1) is 0 Å². The summed E-state index contributed by atoms with van der Waals surface area (Å²) in [5.74, 6) is -1.65. The molecule has 0 spiro atoms. The van der Waals surface area contributed by atoms with Gasteiger partial charge in [-0.1, -0.05) is 13.8 Å². The smallest absolute Gasteiger partial charge is 0.326 e. The molecule has 1 atom stereocenters. The van der Waals surface area contributed by atoms with Gasteiger partial charge in [0.15, 0.2) is 5.82 Å². The van der Waals surface area contributed by atoms with Crippen molar-refractivity contribution in [3.05, 3.63) is 17.9 Å². The zero-order valence-corrected chi connectivity index (χ0v) is 16.8. The topological polar surface area (TPSA) is 99.2 Å². The van der Waals surface area contributed by atoms with Gasteiger partial charge in [0.1, 0.15) is 18.0 Å². The molecule has 2 N–H and O–H groups in total. The normalized spacial score (nSPS) is 22.0. The zero-order valence-electron chi connectivity index (χ0n) is 16.0. The predicted octanol–water partition coefficient (Wildman–Crippen LogP) is 1.74. The minimum atomic E-state index is -4.20. The van der Waals surface area contributed by atoms with Crippen LogP contribution in [0.25, 0.3) is 0 Å². The van der Waals surface area contributed by atoms with Crippen LogP contribution in [0, 0.1) is 11.7 Å². The van der Waals surface area contributed by atoms with Crippen LogP contribution in [-0.4, -0.2) is 51.8 Å². The first-order valence-corrected chi connectivity index (χ1v) is 10.8. The van der Waals surface area contributed by atoms with Crippen LogP contribution in [0.4, 0.5) is 15.8 Å². The Hall–Kier alpha value is -2.07. The Labute approximate surface area is 164 Å². The van der Waals surface area contributed by atoms with Crippen molar-refractivity contribution >= 4 is 27.5 Å². The first-order chi connectivity index (χ1) is 13.2. The number of phenols is 1. The number of hydrogen-bond donors (Lipinski definition) is 2. The van der Waals surface area contributed by atoms with E-state index in [0.29, 0.717) is 35.6 Å². The number of rotatable bonds is 6. The fraction of sp³-hybridized carbons (Fsp3) is 0.611. The Morgan fingerprint density at radius 3 is 2.75 bits per heavy atom. The van der Waals surface area contributed by atoms with E-state index < -0.39 is 39.9 Å². The second kappa shape index (κ2) is 8.12. The molecule has 0 aliphatic carbocycles. The van der Waals surface area contributed by atoms with E-state index in [9.17, 15) is 22.7 Å². The number of carbonyl (C=O) groups is 1. The fourth-order valence-electron chi connectivity index (χ4n) is 3.43. The van der Waals surface area contributed by atoms with Crippen molar-refractivity contribution in [3.8, 4) is 5.75 Å². The molecule has 0 radical (unpaired) electrons.